The van der Waals surface area contributed by atoms with Crippen LogP contribution in [0.5, 0.6) is 0 Å². The van der Waals surface area contributed by atoms with E-state index < -0.39 is 16.2 Å². The van der Waals surface area contributed by atoms with Crippen LogP contribution < -0.4 is 5.32 Å². The summed E-state index contributed by atoms with van der Waals surface area (Å²) in [6, 6.07) is 20.2. The van der Waals surface area contributed by atoms with E-state index >= 15 is 0 Å². The van der Waals surface area contributed by atoms with E-state index in [4.69, 9.17) is 0 Å². The van der Waals surface area contributed by atoms with Gasteiger partial charge in [-0.15, -0.1) is 0 Å². The van der Waals surface area contributed by atoms with E-state index in [0.717, 1.165) is 36.9 Å². The summed E-state index contributed by atoms with van der Waals surface area (Å²) in [7, 11) is -3.51. The average molecular weight is 477 g/mol. The lowest BCUT2D eigenvalue weighted by molar-refractivity contribution is 0.0727. The van der Waals surface area contributed by atoms with Crippen LogP contribution in [0.2, 0.25) is 0 Å². The summed E-state index contributed by atoms with van der Waals surface area (Å²) >= 11 is 0. The molecule has 0 saturated carbocycles. The maximum absolute atomic E-state index is 13.2. The second-order valence-corrected chi connectivity index (χ2v) is 10.7. The molecule has 1 fully saturated rings. The van der Waals surface area contributed by atoms with Crippen LogP contribution in [0.25, 0.3) is 0 Å². The fourth-order valence-corrected chi connectivity index (χ4v) is 6.15. The smallest absolute Gasteiger partial charge is 0.258 e. The van der Waals surface area contributed by atoms with Crippen molar-refractivity contribution in [2.24, 2.45) is 0 Å². The number of hydrogen-bond donors (Lipinski definition) is 1. The van der Waals surface area contributed by atoms with Crippen LogP contribution in [0.15, 0.2) is 77.8 Å². The number of rotatable bonds is 6. The highest BCUT2D eigenvalue weighted by Gasteiger charge is 2.38. The van der Waals surface area contributed by atoms with Gasteiger partial charge in [0.15, 0.2) is 0 Å². The minimum Gasteiger partial charge on any atom is -0.360 e. The zero-order chi connectivity index (χ0) is 23.5. The van der Waals surface area contributed by atoms with Gasteiger partial charge in [0.25, 0.3) is 5.91 Å². The van der Waals surface area contributed by atoms with Gasteiger partial charge in [0.1, 0.15) is 6.17 Å². The Morgan fingerprint density at radius 3 is 2.29 bits per heavy atom. The normalized spacial score (nSPS) is 19.0. The lowest BCUT2D eigenvalue weighted by atomic mass is 10.2. The van der Waals surface area contributed by atoms with Gasteiger partial charge in [-0.05, 0) is 54.8 Å². The lowest BCUT2D eigenvalue weighted by Crippen LogP contribution is -2.32. The topological polar surface area (TPSA) is 82.6 Å². The number of benzene rings is 2. The molecule has 1 saturated heterocycles. The Morgan fingerprint density at radius 1 is 0.882 bits per heavy atom. The first-order valence-corrected chi connectivity index (χ1v) is 13.1. The SMILES string of the molecule is O=C1c2cccnc2[C@H](Nc2ccc(S(=O)(=O)N3CCCCCC3)cc2)N1Cc1ccccc1. The molecule has 3 heterocycles. The molecule has 7 nitrogen and oxygen atoms in total. The summed E-state index contributed by atoms with van der Waals surface area (Å²) in [5, 5.41) is 3.40. The molecule has 1 amide bonds. The summed E-state index contributed by atoms with van der Waals surface area (Å²) in [5.74, 6) is -0.0789. The van der Waals surface area contributed by atoms with Gasteiger partial charge in [0.05, 0.1) is 16.2 Å². The van der Waals surface area contributed by atoms with Gasteiger partial charge in [-0.1, -0.05) is 43.2 Å². The molecule has 1 N–H and O–H groups in total. The van der Waals surface area contributed by atoms with Crippen molar-refractivity contribution in [3.8, 4) is 0 Å². The predicted molar refractivity (Wildman–Crippen MR) is 131 cm³/mol. The number of carbonyl (C=O) groups excluding carboxylic acids is 1. The van der Waals surface area contributed by atoms with Crippen molar-refractivity contribution in [1.82, 2.24) is 14.2 Å². The molecular formula is C26H28N4O3S. The molecule has 0 bridgehead atoms. The van der Waals surface area contributed by atoms with Gasteiger partial charge < -0.3 is 10.2 Å². The summed E-state index contributed by atoms with van der Waals surface area (Å²) in [4.78, 5) is 19.7. The van der Waals surface area contributed by atoms with E-state index in [1.54, 1.807) is 51.8 Å². The van der Waals surface area contributed by atoms with Gasteiger partial charge in [-0.2, -0.15) is 4.31 Å². The van der Waals surface area contributed by atoms with E-state index in [2.05, 4.69) is 10.3 Å². The first kappa shape index (κ1) is 22.6. The Bertz CT molecular complexity index is 1250. The largest absolute Gasteiger partial charge is 0.360 e. The summed E-state index contributed by atoms with van der Waals surface area (Å²) in [5.41, 5.74) is 3.00. The molecule has 1 atom stereocenters. The molecular weight excluding hydrogens is 448 g/mol. The maximum Gasteiger partial charge on any atom is 0.258 e. The van der Waals surface area contributed by atoms with Crippen molar-refractivity contribution in [3.05, 3.63) is 89.7 Å². The fourth-order valence-electron chi connectivity index (χ4n) is 4.64. The highest BCUT2D eigenvalue weighted by Crippen LogP contribution is 2.34. The van der Waals surface area contributed by atoms with E-state index in [-0.39, 0.29) is 5.91 Å². The van der Waals surface area contributed by atoms with Gasteiger partial charge in [-0.25, -0.2) is 8.42 Å². The van der Waals surface area contributed by atoms with Crippen molar-refractivity contribution in [2.45, 2.75) is 43.3 Å². The van der Waals surface area contributed by atoms with E-state index in [9.17, 15) is 13.2 Å². The molecule has 0 aliphatic carbocycles. The number of aromatic nitrogens is 1. The summed E-state index contributed by atoms with van der Waals surface area (Å²) < 4.78 is 27.8. The van der Waals surface area contributed by atoms with E-state index in [1.165, 1.54) is 0 Å². The van der Waals surface area contributed by atoms with Crippen LogP contribution in [-0.2, 0) is 16.6 Å². The minimum absolute atomic E-state index is 0.0789. The molecule has 2 aliphatic rings. The molecule has 34 heavy (non-hydrogen) atoms. The number of hydrogen-bond acceptors (Lipinski definition) is 5. The maximum atomic E-state index is 13.2. The van der Waals surface area contributed by atoms with Crippen LogP contribution in [0.1, 0.15) is 53.5 Å². The third-order valence-corrected chi connectivity index (χ3v) is 8.37. The second kappa shape index (κ2) is 9.56. The fraction of sp³-hybridized carbons (Fsp3) is 0.308. The van der Waals surface area contributed by atoms with E-state index in [0.29, 0.717) is 35.8 Å². The van der Waals surface area contributed by atoms with Gasteiger partial charge in [-0.3, -0.25) is 9.78 Å². The molecule has 2 aliphatic heterocycles. The average Bonchev–Trinajstić information content (AvgIpc) is 3.05. The number of amides is 1. The number of fused-ring (bicyclic) bond motifs is 1. The van der Waals surface area contributed by atoms with Crippen LogP contribution in [0, 0.1) is 0 Å². The molecule has 0 unspecified atom stereocenters. The monoisotopic (exact) mass is 476 g/mol. The first-order chi connectivity index (χ1) is 16.5. The highest BCUT2D eigenvalue weighted by atomic mass is 32.2. The molecule has 3 aromatic rings. The number of anilines is 1. The summed E-state index contributed by atoms with van der Waals surface area (Å²) in [6.45, 7) is 1.59. The number of sulfonamides is 1. The molecule has 0 radical (unpaired) electrons. The van der Waals surface area contributed by atoms with Crippen LogP contribution in [0.4, 0.5) is 5.69 Å². The minimum atomic E-state index is -3.51. The number of carbonyl (C=O) groups is 1. The third kappa shape index (κ3) is 4.43. The zero-order valence-electron chi connectivity index (χ0n) is 18.9. The van der Waals surface area contributed by atoms with Crippen molar-refractivity contribution >= 4 is 21.6 Å². The molecule has 2 aromatic carbocycles. The Hall–Kier alpha value is -3.23. The highest BCUT2D eigenvalue weighted by molar-refractivity contribution is 7.89. The molecule has 1 aromatic heterocycles. The van der Waals surface area contributed by atoms with Gasteiger partial charge in [0, 0.05) is 31.5 Å². The van der Waals surface area contributed by atoms with Crippen molar-refractivity contribution in [1.29, 1.82) is 0 Å². The lowest BCUT2D eigenvalue weighted by Gasteiger charge is -2.27. The van der Waals surface area contributed by atoms with Crippen LogP contribution >= 0.6 is 0 Å². The number of pyridine rings is 1. The van der Waals surface area contributed by atoms with Gasteiger partial charge in [0.2, 0.25) is 10.0 Å². The van der Waals surface area contributed by atoms with Crippen molar-refractivity contribution in [2.75, 3.05) is 18.4 Å². The molecule has 176 valence electrons. The second-order valence-electron chi connectivity index (χ2n) is 8.74. The first-order valence-electron chi connectivity index (χ1n) is 11.7. The van der Waals surface area contributed by atoms with Crippen LogP contribution in [0.3, 0.4) is 0 Å². The molecule has 0 spiro atoms. The zero-order valence-corrected chi connectivity index (χ0v) is 19.7. The Labute approximate surface area is 200 Å². The molecule has 5 rings (SSSR count). The summed E-state index contributed by atoms with van der Waals surface area (Å²) in [6.07, 6.45) is 5.19. The molecule has 8 heteroatoms. The number of nitrogens with one attached hydrogen (secondary N) is 1. The standard InChI is InChI=1S/C26H28N4O3S/c31-26-23-11-8-16-27-24(23)25(30(26)19-20-9-4-3-5-10-20)28-21-12-14-22(15-13-21)34(32,33)29-17-6-1-2-7-18-29/h3-5,8-16,25,28H,1-2,6-7,17-19H2/t25-/m1/s1. The quantitative estimate of drug-likeness (QED) is 0.570. The Morgan fingerprint density at radius 2 is 1.59 bits per heavy atom. The van der Waals surface area contributed by atoms with Gasteiger partial charge >= 0.3 is 0 Å². The third-order valence-electron chi connectivity index (χ3n) is 6.46. The van der Waals surface area contributed by atoms with E-state index in [1.807, 2.05) is 30.3 Å². The van der Waals surface area contributed by atoms with Crippen LogP contribution in [-0.4, -0.2) is 41.6 Å². The van der Waals surface area contributed by atoms with Crippen molar-refractivity contribution < 1.29 is 13.2 Å². The Kier molecular flexibility index (Phi) is 6.34. The van der Waals surface area contributed by atoms with Crippen molar-refractivity contribution in [3.63, 3.8) is 0 Å². The Balaban J connectivity index is 1.39. The predicted octanol–water partition coefficient (Wildman–Crippen LogP) is 4.41. The number of nitrogens with zero attached hydrogens (tertiary/aromatic N) is 3.